The summed E-state index contributed by atoms with van der Waals surface area (Å²) in [7, 11) is 0. The Hall–Kier alpha value is -2.50. The largest absolute Gasteiger partial charge is 0.474 e. The first-order valence-electron chi connectivity index (χ1n) is 5.81. The van der Waals surface area contributed by atoms with Crippen LogP contribution in [0.25, 0.3) is 11.3 Å². The average Bonchev–Trinajstić information content (AvgIpc) is 2.39. The highest BCUT2D eigenvalue weighted by molar-refractivity contribution is 5.62. The van der Waals surface area contributed by atoms with Crippen LogP contribution in [-0.4, -0.2) is 21.2 Å². The summed E-state index contributed by atoms with van der Waals surface area (Å²) < 4.78 is 5.39. The van der Waals surface area contributed by atoms with Gasteiger partial charge in [0, 0.05) is 23.8 Å². The first-order valence-corrected chi connectivity index (χ1v) is 5.81. The Bertz CT molecular complexity index is 582. The number of benzene rings is 1. The van der Waals surface area contributed by atoms with Crippen molar-refractivity contribution in [2.24, 2.45) is 0 Å². The molecule has 0 fully saturated rings. The molecule has 0 unspecified atom stereocenters. The first-order chi connectivity index (χ1) is 9.06. The lowest BCUT2D eigenvalue weighted by molar-refractivity contribution is -0.384. The average molecular weight is 259 g/mol. The van der Waals surface area contributed by atoms with E-state index in [1.165, 1.54) is 12.1 Å². The third-order valence-electron chi connectivity index (χ3n) is 2.35. The maximum Gasteiger partial charge on any atom is 0.270 e. The lowest BCUT2D eigenvalue weighted by Crippen LogP contribution is -2.07. The number of nitro benzene ring substituents is 1. The minimum atomic E-state index is -0.437. The minimum absolute atomic E-state index is 0.0259. The van der Waals surface area contributed by atoms with Gasteiger partial charge in [0.1, 0.15) is 0 Å². The SMILES string of the molecule is CC(C)Oc1ccc(-c2cccc([N+](=O)[O-])c2)nn1. The molecule has 0 saturated heterocycles. The van der Waals surface area contributed by atoms with Gasteiger partial charge < -0.3 is 4.74 Å². The van der Waals surface area contributed by atoms with Gasteiger partial charge in [-0.1, -0.05) is 12.1 Å². The molecule has 0 radical (unpaired) electrons. The molecule has 1 aromatic carbocycles. The predicted octanol–water partition coefficient (Wildman–Crippen LogP) is 2.84. The van der Waals surface area contributed by atoms with E-state index < -0.39 is 4.92 Å². The number of rotatable bonds is 4. The van der Waals surface area contributed by atoms with E-state index in [9.17, 15) is 10.1 Å². The Morgan fingerprint density at radius 3 is 2.58 bits per heavy atom. The van der Waals surface area contributed by atoms with Crippen molar-refractivity contribution < 1.29 is 9.66 Å². The topological polar surface area (TPSA) is 78.2 Å². The molecule has 2 aromatic rings. The second-order valence-corrected chi connectivity index (χ2v) is 4.23. The van der Waals surface area contributed by atoms with Crippen molar-refractivity contribution in [3.05, 3.63) is 46.5 Å². The molecule has 0 N–H and O–H groups in total. The van der Waals surface area contributed by atoms with Gasteiger partial charge in [-0.25, -0.2) is 0 Å². The van der Waals surface area contributed by atoms with Crippen LogP contribution in [-0.2, 0) is 0 Å². The third kappa shape index (κ3) is 3.25. The van der Waals surface area contributed by atoms with E-state index in [1.54, 1.807) is 24.3 Å². The van der Waals surface area contributed by atoms with E-state index >= 15 is 0 Å². The van der Waals surface area contributed by atoms with Crippen LogP contribution in [0.4, 0.5) is 5.69 Å². The zero-order valence-electron chi connectivity index (χ0n) is 10.6. The highest BCUT2D eigenvalue weighted by Gasteiger charge is 2.08. The number of nitrogens with zero attached hydrogens (tertiary/aromatic N) is 3. The summed E-state index contributed by atoms with van der Waals surface area (Å²) in [6.07, 6.45) is 0.0259. The fraction of sp³-hybridized carbons (Fsp3) is 0.231. The second kappa shape index (κ2) is 5.43. The Morgan fingerprint density at radius 1 is 1.21 bits per heavy atom. The van der Waals surface area contributed by atoms with Crippen molar-refractivity contribution in [3.63, 3.8) is 0 Å². The molecule has 0 spiro atoms. The molecule has 0 atom stereocenters. The van der Waals surface area contributed by atoms with Crippen LogP contribution >= 0.6 is 0 Å². The van der Waals surface area contributed by atoms with Crippen LogP contribution in [0.15, 0.2) is 36.4 Å². The Kier molecular flexibility index (Phi) is 3.70. The van der Waals surface area contributed by atoms with Crippen molar-refractivity contribution in [1.82, 2.24) is 10.2 Å². The quantitative estimate of drug-likeness (QED) is 0.623. The zero-order valence-corrected chi connectivity index (χ0v) is 10.6. The molecule has 0 amide bonds. The summed E-state index contributed by atoms with van der Waals surface area (Å²) in [6.45, 7) is 3.80. The van der Waals surface area contributed by atoms with E-state index in [0.717, 1.165) is 0 Å². The molecule has 0 aliphatic heterocycles. The molecule has 1 aromatic heterocycles. The smallest absolute Gasteiger partial charge is 0.270 e. The minimum Gasteiger partial charge on any atom is -0.474 e. The second-order valence-electron chi connectivity index (χ2n) is 4.23. The van der Waals surface area contributed by atoms with Gasteiger partial charge in [0.15, 0.2) is 0 Å². The van der Waals surface area contributed by atoms with E-state index in [1.807, 2.05) is 13.8 Å². The van der Waals surface area contributed by atoms with Crippen molar-refractivity contribution >= 4 is 5.69 Å². The molecule has 2 rings (SSSR count). The van der Waals surface area contributed by atoms with Gasteiger partial charge in [-0.05, 0) is 19.9 Å². The summed E-state index contributed by atoms with van der Waals surface area (Å²) in [6, 6.07) is 9.69. The van der Waals surface area contributed by atoms with Crippen molar-refractivity contribution in [3.8, 4) is 17.1 Å². The van der Waals surface area contributed by atoms with Crippen LogP contribution in [0.2, 0.25) is 0 Å². The molecule has 6 heteroatoms. The number of hydrogen-bond acceptors (Lipinski definition) is 5. The van der Waals surface area contributed by atoms with Crippen LogP contribution in [0.3, 0.4) is 0 Å². The van der Waals surface area contributed by atoms with Crippen molar-refractivity contribution in [1.29, 1.82) is 0 Å². The highest BCUT2D eigenvalue weighted by atomic mass is 16.6. The van der Waals surface area contributed by atoms with Crippen molar-refractivity contribution in [2.75, 3.05) is 0 Å². The molecule has 1 heterocycles. The fourth-order valence-corrected chi connectivity index (χ4v) is 1.56. The lowest BCUT2D eigenvalue weighted by Gasteiger charge is -2.07. The molecule has 0 saturated carbocycles. The van der Waals surface area contributed by atoms with Gasteiger partial charge in [0.2, 0.25) is 5.88 Å². The molecule has 6 nitrogen and oxygen atoms in total. The van der Waals surface area contributed by atoms with Crippen LogP contribution in [0.1, 0.15) is 13.8 Å². The van der Waals surface area contributed by atoms with Gasteiger partial charge in [0.25, 0.3) is 5.69 Å². The van der Waals surface area contributed by atoms with E-state index in [4.69, 9.17) is 4.74 Å². The summed E-state index contributed by atoms with van der Waals surface area (Å²) in [4.78, 5) is 10.3. The van der Waals surface area contributed by atoms with E-state index in [0.29, 0.717) is 17.1 Å². The van der Waals surface area contributed by atoms with Gasteiger partial charge in [0.05, 0.1) is 16.7 Å². The summed E-state index contributed by atoms with van der Waals surface area (Å²) in [5.74, 6) is 0.434. The van der Waals surface area contributed by atoms with Gasteiger partial charge in [-0.15, -0.1) is 10.2 Å². The standard InChI is InChI=1S/C13H13N3O3/c1-9(2)19-13-7-6-12(14-15-13)10-4-3-5-11(8-10)16(17)18/h3-9H,1-2H3. The number of nitro groups is 1. The Balaban J connectivity index is 2.27. The predicted molar refractivity (Wildman–Crippen MR) is 69.9 cm³/mol. The fourth-order valence-electron chi connectivity index (χ4n) is 1.56. The van der Waals surface area contributed by atoms with Gasteiger partial charge >= 0.3 is 0 Å². The van der Waals surface area contributed by atoms with Crippen molar-refractivity contribution in [2.45, 2.75) is 20.0 Å². The summed E-state index contributed by atoms with van der Waals surface area (Å²) in [5.41, 5.74) is 1.25. The number of non-ortho nitro benzene ring substituents is 1. The molecule has 0 aliphatic carbocycles. The van der Waals surface area contributed by atoms with Gasteiger partial charge in [-0.2, -0.15) is 0 Å². The third-order valence-corrected chi connectivity index (χ3v) is 2.35. The highest BCUT2D eigenvalue weighted by Crippen LogP contribution is 2.22. The molecule has 0 aliphatic rings. The van der Waals surface area contributed by atoms with Crippen LogP contribution in [0.5, 0.6) is 5.88 Å². The first kappa shape index (κ1) is 12.9. The number of ether oxygens (including phenoxy) is 1. The number of hydrogen-bond donors (Lipinski definition) is 0. The molecular formula is C13H13N3O3. The van der Waals surface area contributed by atoms with Crippen LogP contribution in [0, 0.1) is 10.1 Å². The summed E-state index contributed by atoms with van der Waals surface area (Å²) in [5, 5.41) is 18.6. The monoisotopic (exact) mass is 259 g/mol. The zero-order chi connectivity index (χ0) is 13.8. The normalized spacial score (nSPS) is 10.5. The Morgan fingerprint density at radius 2 is 2.00 bits per heavy atom. The lowest BCUT2D eigenvalue weighted by atomic mass is 10.1. The molecular weight excluding hydrogens is 246 g/mol. The number of aromatic nitrogens is 2. The molecule has 98 valence electrons. The van der Waals surface area contributed by atoms with Crippen LogP contribution < -0.4 is 4.74 Å². The molecule has 19 heavy (non-hydrogen) atoms. The molecule has 0 bridgehead atoms. The maximum atomic E-state index is 10.7. The Labute approximate surface area is 110 Å². The summed E-state index contributed by atoms with van der Waals surface area (Å²) >= 11 is 0. The maximum absolute atomic E-state index is 10.7. The van der Waals surface area contributed by atoms with E-state index in [2.05, 4.69) is 10.2 Å². The van der Waals surface area contributed by atoms with E-state index in [-0.39, 0.29) is 11.8 Å². The van der Waals surface area contributed by atoms with Gasteiger partial charge in [-0.3, -0.25) is 10.1 Å².